The monoisotopic (exact) mass is 191 g/mol. The van der Waals surface area contributed by atoms with Gasteiger partial charge in [-0.3, -0.25) is 0 Å². The van der Waals surface area contributed by atoms with Crippen LogP contribution in [0.2, 0.25) is 0 Å². The molecule has 1 aromatic rings. The van der Waals surface area contributed by atoms with Gasteiger partial charge in [0.05, 0.1) is 6.04 Å². The van der Waals surface area contributed by atoms with Crippen molar-refractivity contribution in [2.45, 2.75) is 31.8 Å². The fourth-order valence-electron chi connectivity index (χ4n) is 1.96. The van der Waals surface area contributed by atoms with E-state index in [2.05, 4.69) is 33.9 Å². The Kier molecular flexibility index (Phi) is 2.68. The summed E-state index contributed by atoms with van der Waals surface area (Å²) in [6, 6.07) is 0.851. The Hall–Kier alpha value is -1.09. The Labute approximate surface area is 84.8 Å². The first-order valence-corrected chi connectivity index (χ1v) is 5.17. The number of rotatable bonds is 3. The van der Waals surface area contributed by atoms with Crippen LogP contribution in [0, 0.1) is 0 Å². The minimum atomic E-state index is 0.322. The molecule has 1 aliphatic carbocycles. The highest BCUT2D eigenvalue weighted by atomic mass is 15.1. The van der Waals surface area contributed by atoms with Crippen molar-refractivity contribution in [3.63, 3.8) is 0 Å². The molecule has 1 heterocycles. The van der Waals surface area contributed by atoms with Crippen LogP contribution in [-0.4, -0.2) is 15.6 Å². The van der Waals surface area contributed by atoms with Crippen LogP contribution in [0.1, 0.15) is 31.6 Å². The maximum Gasteiger partial charge on any atom is 0.125 e. The number of hydrogen-bond acceptors (Lipinski definition) is 2. The third-order valence-corrected chi connectivity index (χ3v) is 2.72. The minimum Gasteiger partial charge on any atom is -0.337 e. The van der Waals surface area contributed by atoms with E-state index in [0.29, 0.717) is 12.1 Å². The van der Waals surface area contributed by atoms with Gasteiger partial charge in [0.15, 0.2) is 0 Å². The maximum absolute atomic E-state index is 4.33. The molecule has 2 rings (SSSR count). The zero-order valence-corrected chi connectivity index (χ0v) is 8.77. The maximum atomic E-state index is 4.33. The highest BCUT2D eigenvalue weighted by molar-refractivity contribution is 5.05. The summed E-state index contributed by atoms with van der Waals surface area (Å²) in [5.74, 6) is 1.10. The Bertz CT molecular complexity index is 327. The Morgan fingerprint density at radius 1 is 1.64 bits per heavy atom. The first-order valence-electron chi connectivity index (χ1n) is 5.17. The summed E-state index contributed by atoms with van der Waals surface area (Å²) >= 11 is 0. The lowest BCUT2D eigenvalue weighted by molar-refractivity contribution is 0.477. The SMILES string of the molecule is CC(NC1C=CCC1)c1nccn1C. The molecule has 0 bridgehead atoms. The molecule has 0 saturated heterocycles. The number of nitrogens with one attached hydrogen (secondary N) is 1. The van der Waals surface area contributed by atoms with Crippen LogP contribution in [0.15, 0.2) is 24.5 Å². The van der Waals surface area contributed by atoms with E-state index in [1.165, 1.54) is 12.8 Å². The third kappa shape index (κ3) is 1.87. The molecule has 1 aromatic heterocycles. The number of aryl methyl sites for hydroxylation is 1. The molecule has 0 aromatic carbocycles. The number of aromatic nitrogens is 2. The summed E-state index contributed by atoms with van der Waals surface area (Å²) in [5.41, 5.74) is 0. The fourth-order valence-corrected chi connectivity index (χ4v) is 1.96. The molecule has 2 atom stereocenters. The highest BCUT2D eigenvalue weighted by Crippen LogP contribution is 2.15. The summed E-state index contributed by atoms with van der Waals surface area (Å²) in [6.45, 7) is 2.16. The first-order chi connectivity index (χ1) is 6.77. The average molecular weight is 191 g/mol. The van der Waals surface area contributed by atoms with Crippen LogP contribution in [0.5, 0.6) is 0 Å². The largest absolute Gasteiger partial charge is 0.337 e. The predicted molar refractivity (Wildman–Crippen MR) is 56.9 cm³/mol. The second kappa shape index (κ2) is 3.96. The zero-order chi connectivity index (χ0) is 9.97. The van der Waals surface area contributed by atoms with Crippen molar-refractivity contribution in [3.8, 4) is 0 Å². The molecule has 0 fully saturated rings. The number of allylic oxidation sites excluding steroid dienone is 1. The van der Waals surface area contributed by atoms with Crippen molar-refractivity contribution < 1.29 is 0 Å². The van der Waals surface area contributed by atoms with Crippen LogP contribution >= 0.6 is 0 Å². The molecule has 76 valence electrons. The van der Waals surface area contributed by atoms with Crippen LogP contribution < -0.4 is 5.32 Å². The van der Waals surface area contributed by atoms with Gasteiger partial charge in [-0.05, 0) is 19.8 Å². The lowest BCUT2D eigenvalue weighted by Gasteiger charge is -2.17. The van der Waals surface area contributed by atoms with Gasteiger partial charge >= 0.3 is 0 Å². The molecule has 0 spiro atoms. The Morgan fingerprint density at radius 3 is 3.07 bits per heavy atom. The molecule has 0 amide bonds. The molecular weight excluding hydrogens is 174 g/mol. The summed E-state index contributed by atoms with van der Waals surface area (Å²) in [4.78, 5) is 4.33. The van der Waals surface area contributed by atoms with Gasteiger partial charge in [0, 0.05) is 25.5 Å². The molecule has 0 radical (unpaired) electrons. The normalized spacial score (nSPS) is 22.9. The van der Waals surface area contributed by atoms with Crippen LogP contribution in [0.4, 0.5) is 0 Å². The standard InChI is InChI=1S/C11H17N3/c1-9(11-12-7-8-14(11)2)13-10-5-3-4-6-10/h3,5,7-10,13H,4,6H2,1-2H3. The zero-order valence-electron chi connectivity index (χ0n) is 8.77. The lowest BCUT2D eigenvalue weighted by atomic mass is 10.2. The Morgan fingerprint density at radius 2 is 2.50 bits per heavy atom. The third-order valence-electron chi connectivity index (χ3n) is 2.72. The summed E-state index contributed by atoms with van der Waals surface area (Å²) in [5, 5.41) is 3.55. The lowest BCUT2D eigenvalue weighted by Crippen LogP contribution is -2.29. The van der Waals surface area contributed by atoms with E-state index < -0.39 is 0 Å². The molecule has 3 heteroatoms. The van der Waals surface area contributed by atoms with Crippen molar-refractivity contribution in [2.24, 2.45) is 7.05 Å². The average Bonchev–Trinajstić information content (AvgIpc) is 2.75. The van der Waals surface area contributed by atoms with Crippen LogP contribution in [0.25, 0.3) is 0 Å². The number of nitrogens with zero attached hydrogens (tertiary/aromatic N) is 2. The van der Waals surface area contributed by atoms with Crippen molar-refractivity contribution in [1.82, 2.24) is 14.9 Å². The molecule has 0 aliphatic heterocycles. The van der Waals surface area contributed by atoms with Gasteiger partial charge in [0.25, 0.3) is 0 Å². The molecule has 14 heavy (non-hydrogen) atoms. The second-order valence-electron chi connectivity index (χ2n) is 3.90. The van der Waals surface area contributed by atoms with Gasteiger partial charge in [-0.2, -0.15) is 0 Å². The smallest absolute Gasteiger partial charge is 0.125 e. The van der Waals surface area contributed by atoms with Crippen molar-refractivity contribution in [2.75, 3.05) is 0 Å². The van der Waals surface area contributed by atoms with E-state index in [4.69, 9.17) is 0 Å². The first kappa shape index (κ1) is 9.46. The summed E-state index contributed by atoms with van der Waals surface area (Å²) in [7, 11) is 2.03. The van der Waals surface area contributed by atoms with E-state index in [1.54, 1.807) is 0 Å². The van der Waals surface area contributed by atoms with Crippen molar-refractivity contribution >= 4 is 0 Å². The molecule has 2 unspecified atom stereocenters. The van der Waals surface area contributed by atoms with Gasteiger partial charge in [-0.15, -0.1) is 0 Å². The van der Waals surface area contributed by atoms with E-state index in [0.717, 1.165) is 5.82 Å². The van der Waals surface area contributed by atoms with Crippen LogP contribution in [0.3, 0.4) is 0 Å². The van der Waals surface area contributed by atoms with Crippen molar-refractivity contribution in [1.29, 1.82) is 0 Å². The quantitative estimate of drug-likeness (QED) is 0.738. The van der Waals surface area contributed by atoms with Crippen molar-refractivity contribution in [3.05, 3.63) is 30.4 Å². The van der Waals surface area contributed by atoms with E-state index >= 15 is 0 Å². The van der Waals surface area contributed by atoms with E-state index in [9.17, 15) is 0 Å². The molecule has 1 N–H and O–H groups in total. The topological polar surface area (TPSA) is 29.9 Å². The van der Waals surface area contributed by atoms with Gasteiger partial charge in [-0.25, -0.2) is 4.98 Å². The van der Waals surface area contributed by atoms with E-state index in [-0.39, 0.29) is 0 Å². The van der Waals surface area contributed by atoms with Gasteiger partial charge in [0.1, 0.15) is 5.82 Å². The highest BCUT2D eigenvalue weighted by Gasteiger charge is 2.15. The molecule has 3 nitrogen and oxygen atoms in total. The second-order valence-corrected chi connectivity index (χ2v) is 3.90. The van der Waals surface area contributed by atoms with E-state index in [1.807, 2.05) is 19.4 Å². The van der Waals surface area contributed by atoms with Gasteiger partial charge in [0.2, 0.25) is 0 Å². The number of hydrogen-bond donors (Lipinski definition) is 1. The summed E-state index contributed by atoms with van der Waals surface area (Å²) in [6.07, 6.45) is 10.7. The predicted octanol–water partition coefficient (Wildman–Crippen LogP) is 1.79. The summed E-state index contributed by atoms with van der Waals surface area (Å²) < 4.78 is 2.07. The van der Waals surface area contributed by atoms with Gasteiger partial charge in [-0.1, -0.05) is 12.2 Å². The molecule has 0 saturated carbocycles. The number of imidazole rings is 1. The molecule has 1 aliphatic rings. The fraction of sp³-hybridized carbons (Fsp3) is 0.545. The minimum absolute atomic E-state index is 0.322. The Balaban J connectivity index is 1.98. The molecular formula is C11H17N3. The van der Waals surface area contributed by atoms with Gasteiger partial charge < -0.3 is 9.88 Å². The van der Waals surface area contributed by atoms with Crippen LogP contribution in [-0.2, 0) is 7.05 Å².